The van der Waals surface area contributed by atoms with Crippen molar-refractivity contribution >= 4 is 0 Å². The highest BCUT2D eigenvalue weighted by atomic mass is 16.5. The fraction of sp³-hybridized carbons (Fsp3) is 0.500. The maximum atomic E-state index is 10.1. The molecule has 2 atom stereocenters. The second kappa shape index (κ2) is 4.75. The van der Waals surface area contributed by atoms with Crippen LogP contribution >= 0.6 is 0 Å². The van der Waals surface area contributed by atoms with Gasteiger partial charge in [-0.25, -0.2) is 0 Å². The predicted molar refractivity (Wildman–Crippen MR) is 58.7 cm³/mol. The van der Waals surface area contributed by atoms with Crippen molar-refractivity contribution in [2.75, 3.05) is 19.7 Å². The molecule has 3 nitrogen and oxygen atoms in total. The Labute approximate surface area is 90.1 Å². The highest BCUT2D eigenvalue weighted by Crippen LogP contribution is 2.20. The summed E-state index contributed by atoms with van der Waals surface area (Å²) >= 11 is 0. The second-order valence-electron chi connectivity index (χ2n) is 3.97. The van der Waals surface area contributed by atoms with E-state index < -0.39 is 6.10 Å². The van der Waals surface area contributed by atoms with Gasteiger partial charge in [0.1, 0.15) is 6.10 Å². The van der Waals surface area contributed by atoms with Crippen molar-refractivity contribution in [3.8, 4) is 0 Å². The molecule has 0 spiro atoms. The average Bonchev–Trinajstić information content (AvgIpc) is 2.29. The van der Waals surface area contributed by atoms with E-state index >= 15 is 0 Å². The van der Waals surface area contributed by atoms with E-state index in [4.69, 9.17) is 4.74 Å². The first kappa shape index (κ1) is 10.6. The first-order valence-electron chi connectivity index (χ1n) is 5.34. The van der Waals surface area contributed by atoms with Crippen molar-refractivity contribution in [2.45, 2.75) is 19.1 Å². The van der Waals surface area contributed by atoms with Gasteiger partial charge in [0.2, 0.25) is 0 Å². The smallest absolute Gasteiger partial charge is 0.106 e. The fourth-order valence-electron chi connectivity index (χ4n) is 1.86. The van der Waals surface area contributed by atoms with Crippen LogP contribution in [0.3, 0.4) is 0 Å². The van der Waals surface area contributed by atoms with Gasteiger partial charge < -0.3 is 15.2 Å². The summed E-state index contributed by atoms with van der Waals surface area (Å²) in [5.41, 5.74) is 2.10. The number of rotatable bonds is 2. The number of benzene rings is 1. The highest BCUT2D eigenvalue weighted by molar-refractivity contribution is 5.24. The van der Waals surface area contributed by atoms with Gasteiger partial charge in [-0.05, 0) is 12.5 Å². The summed E-state index contributed by atoms with van der Waals surface area (Å²) in [5.74, 6) is 0. The first-order chi connectivity index (χ1) is 7.27. The van der Waals surface area contributed by atoms with Crippen LogP contribution in [0.1, 0.15) is 17.2 Å². The summed E-state index contributed by atoms with van der Waals surface area (Å²) < 4.78 is 5.52. The van der Waals surface area contributed by atoms with Crippen molar-refractivity contribution in [3.63, 3.8) is 0 Å². The molecule has 3 heteroatoms. The summed E-state index contributed by atoms with van der Waals surface area (Å²) in [7, 11) is 0. The normalized spacial score (nSPS) is 23.7. The number of nitrogens with one attached hydrogen (secondary N) is 1. The minimum Gasteiger partial charge on any atom is -0.386 e. The lowest BCUT2D eigenvalue weighted by molar-refractivity contribution is -0.0536. The molecular weight excluding hydrogens is 190 g/mol. The molecule has 0 radical (unpaired) electrons. The molecule has 1 aromatic carbocycles. The van der Waals surface area contributed by atoms with Gasteiger partial charge in [-0.1, -0.05) is 29.8 Å². The molecule has 1 fully saturated rings. The van der Waals surface area contributed by atoms with Crippen LogP contribution in [-0.2, 0) is 4.74 Å². The van der Waals surface area contributed by atoms with Gasteiger partial charge in [-0.15, -0.1) is 0 Å². The molecular formula is C12H17NO2. The summed E-state index contributed by atoms with van der Waals surface area (Å²) in [6, 6.07) is 7.93. The Morgan fingerprint density at radius 1 is 1.53 bits per heavy atom. The molecule has 0 bridgehead atoms. The largest absolute Gasteiger partial charge is 0.386 e. The monoisotopic (exact) mass is 207 g/mol. The second-order valence-corrected chi connectivity index (χ2v) is 3.97. The SMILES string of the molecule is Cc1cccc(C(O)C2CNCCO2)c1. The summed E-state index contributed by atoms with van der Waals surface area (Å²) in [6.07, 6.45) is -0.654. The lowest BCUT2D eigenvalue weighted by Crippen LogP contribution is -2.41. The summed E-state index contributed by atoms with van der Waals surface area (Å²) in [6.45, 7) is 4.29. The van der Waals surface area contributed by atoms with Crippen molar-refractivity contribution < 1.29 is 9.84 Å². The lowest BCUT2D eigenvalue weighted by Gasteiger charge is -2.28. The van der Waals surface area contributed by atoms with E-state index in [0.29, 0.717) is 6.61 Å². The van der Waals surface area contributed by atoms with E-state index in [2.05, 4.69) is 5.32 Å². The number of aliphatic hydroxyl groups excluding tert-OH is 1. The Morgan fingerprint density at radius 3 is 3.07 bits per heavy atom. The first-order valence-corrected chi connectivity index (χ1v) is 5.34. The molecule has 82 valence electrons. The van der Waals surface area contributed by atoms with Crippen molar-refractivity contribution in [1.29, 1.82) is 0 Å². The standard InChI is InChI=1S/C12H17NO2/c1-9-3-2-4-10(7-9)12(14)11-8-13-5-6-15-11/h2-4,7,11-14H,5-6,8H2,1H3. The molecule has 2 unspecified atom stereocenters. The van der Waals surface area contributed by atoms with Gasteiger partial charge in [-0.2, -0.15) is 0 Å². The minimum atomic E-state index is -0.530. The van der Waals surface area contributed by atoms with E-state index in [1.54, 1.807) is 0 Å². The van der Waals surface area contributed by atoms with Gasteiger partial charge in [0, 0.05) is 13.1 Å². The number of aliphatic hydroxyl groups is 1. The summed E-state index contributed by atoms with van der Waals surface area (Å²) in [5, 5.41) is 13.3. The molecule has 0 saturated carbocycles. The molecule has 15 heavy (non-hydrogen) atoms. The number of hydrogen-bond donors (Lipinski definition) is 2. The third-order valence-corrected chi connectivity index (χ3v) is 2.69. The maximum absolute atomic E-state index is 10.1. The third-order valence-electron chi connectivity index (χ3n) is 2.69. The van der Waals surface area contributed by atoms with E-state index in [0.717, 1.165) is 24.2 Å². The van der Waals surface area contributed by atoms with Gasteiger partial charge in [0.15, 0.2) is 0 Å². The minimum absolute atomic E-state index is 0.124. The number of ether oxygens (including phenoxy) is 1. The van der Waals surface area contributed by atoms with Gasteiger partial charge in [0.25, 0.3) is 0 Å². The molecule has 1 heterocycles. The van der Waals surface area contributed by atoms with Crippen LogP contribution < -0.4 is 5.32 Å². The maximum Gasteiger partial charge on any atom is 0.106 e. The lowest BCUT2D eigenvalue weighted by atomic mass is 10.0. The Hall–Kier alpha value is -0.900. The van der Waals surface area contributed by atoms with Crippen LogP contribution in [-0.4, -0.2) is 30.9 Å². The molecule has 2 N–H and O–H groups in total. The summed E-state index contributed by atoms with van der Waals surface area (Å²) in [4.78, 5) is 0. The zero-order chi connectivity index (χ0) is 10.7. The van der Waals surface area contributed by atoms with Crippen molar-refractivity contribution in [1.82, 2.24) is 5.32 Å². The number of aryl methyl sites for hydroxylation is 1. The van der Waals surface area contributed by atoms with Crippen LogP contribution in [0, 0.1) is 6.92 Å². The van der Waals surface area contributed by atoms with Crippen LogP contribution in [0.25, 0.3) is 0 Å². The molecule has 1 aromatic rings. The van der Waals surface area contributed by atoms with E-state index in [1.165, 1.54) is 0 Å². The van der Waals surface area contributed by atoms with Crippen molar-refractivity contribution in [3.05, 3.63) is 35.4 Å². The van der Waals surface area contributed by atoms with E-state index in [1.807, 2.05) is 31.2 Å². The van der Waals surface area contributed by atoms with Gasteiger partial charge >= 0.3 is 0 Å². The van der Waals surface area contributed by atoms with Gasteiger partial charge in [0.05, 0.1) is 12.7 Å². The molecule has 2 rings (SSSR count). The molecule has 1 aliphatic rings. The van der Waals surface area contributed by atoms with Crippen molar-refractivity contribution in [2.24, 2.45) is 0 Å². The molecule has 0 aliphatic carbocycles. The molecule has 0 aromatic heterocycles. The third kappa shape index (κ3) is 2.56. The van der Waals surface area contributed by atoms with Gasteiger partial charge in [-0.3, -0.25) is 0 Å². The Bertz CT molecular complexity index is 321. The van der Waals surface area contributed by atoms with E-state index in [9.17, 15) is 5.11 Å². The number of morpholine rings is 1. The molecule has 1 aliphatic heterocycles. The van der Waals surface area contributed by atoms with Crippen LogP contribution in [0.2, 0.25) is 0 Å². The Kier molecular flexibility index (Phi) is 3.36. The zero-order valence-electron chi connectivity index (χ0n) is 8.94. The topological polar surface area (TPSA) is 41.5 Å². The Balaban J connectivity index is 2.08. The van der Waals surface area contributed by atoms with Crippen LogP contribution in [0.15, 0.2) is 24.3 Å². The Morgan fingerprint density at radius 2 is 2.40 bits per heavy atom. The van der Waals surface area contributed by atoms with Crippen LogP contribution in [0.5, 0.6) is 0 Å². The van der Waals surface area contributed by atoms with E-state index in [-0.39, 0.29) is 6.10 Å². The zero-order valence-corrected chi connectivity index (χ0v) is 8.94. The fourth-order valence-corrected chi connectivity index (χ4v) is 1.86. The number of hydrogen-bond acceptors (Lipinski definition) is 3. The molecule has 0 amide bonds. The average molecular weight is 207 g/mol. The van der Waals surface area contributed by atoms with Crippen LogP contribution in [0.4, 0.5) is 0 Å². The highest BCUT2D eigenvalue weighted by Gasteiger charge is 2.23. The molecule has 1 saturated heterocycles. The predicted octanol–water partition coefficient (Wildman–Crippen LogP) is 1.02. The quantitative estimate of drug-likeness (QED) is 0.760.